The number of benzene rings is 1. The molecular weight excluding hydrogens is 440 g/mol. The van der Waals surface area contributed by atoms with Crippen LogP contribution in [0.15, 0.2) is 48.8 Å². The molecule has 1 atom stereocenters. The minimum Gasteiger partial charge on any atom is -0.463 e. The van der Waals surface area contributed by atoms with Crippen LogP contribution in [0.1, 0.15) is 90.5 Å². The summed E-state index contributed by atoms with van der Waals surface area (Å²) < 4.78 is 10.7. The van der Waals surface area contributed by atoms with Crippen molar-refractivity contribution in [3.05, 3.63) is 54.4 Å². The van der Waals surface area contributed by atoms with Crippen LogP contribution in [0.2, 0.25) is 0 Å². The maximum absolute atomic E-state index is 12.1. The number of hydrogen-bond acceptors (Lipinski definition) is 6. The van der Waals surface area contributed by atoms with Crippen LogP contribution in [0.5, 0.6) is 5.75 Å². The summed E-state index contributed by atoms with van der Waals surface area (Å²) in [5.41, 5.74) is 2.04. The zero-order valence-corrected chi connectivity index (χ0v) is 21.5. The molecule has 0 saturated carbocycles. The fourth-order valence-electron chi connectivity index (χ4n) is 3.56. The Morgan fingerprint density at radius 3 is 2.29 bits per heavy atom. The zero-order chi connectivity index (χ0) is 25.3. The van der Waals surface area contributed by atoms with E-state index in [0.29, 0.717) is 30.8 Å². The van der Waals surface area contributed by atoms with E-state index >= 15 is 0 Å². The predicted molar refractivity (Wildman–Crippen MR) is 139 cm³/mol. The van der Waals surface area contributed by atoms with E-state index in [0.717, 1.165) is 30.4 Å². The number of carbonyl (C=O) groups is 2. The summed E-state index contributed by atoms with van der Waals surface area (Å²) in [4.78, 5) is 32.1. The number of carbonyl (C=O) groups excluding carboxylic acids is 2. The third kappa shape index (κ3) is 11.8. The number of aromatic nitrogens is 2. The number of unbranched alkanes of at least 4 members (excludes halogenated alkanes) is 5. The molecule has 6 heteroatoms. The topological polar surface area (TPSA) is 78.4 Å². The van der Waals surface area contributed by atoms with Crippen molar-refractivity contribution in [3.63, 3.8) is 0 Å². The molecule has 0 saturated heterocycles. The van der Waals surface area contributed by atoms with Gasteiger partial charge in [-0.25, -0.2) is 9.97 Å². The first-order chi connectivity index (χ1) is 17.0. The van der Waals surface area contributed by atoms with Gasteiger partial charge >= 0.3 is 11.9 Å². The summed E-state index contributed by atoms with van der Waals surface area (Å²) in [6.45, 7) is 5.93. The molecule has 2 rings (SSSR count). The van der Waals surface area contributed by atoms with E-state index < -0.39 is 0 Å². The highest BCUT2D eigenvalue weighted by molar-refractivity contribution is 5.72. The fourth-order valence-corrected chi connectivity index (χ4v) is 3.56. The number of aryl methyl sites for hydroxylation is 1. The number of hydrogen-bond donors (Lipinski definition) is 0. The number of nitrogens with zero attached hydrogens (tertiary/aromatic N) is 2. The van der Waals surface area contributed by atoms with Gasteiger partial charge in [0.15, 0.2) is 11.6 Å². The van der Waals surface area contributed by atoms with E-state index in [4.69, 9.17) is 9.47 Å². The molecule has 0 radical (unpaired) electrons. The quantitative estimate of drug-likeness (QED) is 0.146. The molecule has 0 bridgehead atoms. The van der Waals surface area contributed by atoms with Crippen LogP contribution in [0.25, 0.3) is 11.4 Å². The Balaban J connectivity index is 1.71. The third-order valence-corrected chi connectivity index (χ3v) is 5.69. The summed E-state index contributed by atoms with van der Waals surface area (Å²) in [5.74, 6) is 0.478. The van der Waals surface area contributed by atoms with Crippen LogP contribution in [0.4, 0.5) is 0 Å². The second-order valence-corrected chi connectivity index (χ2v) is 8.82. The average Bonchev–Trinajstić information content (AvgIpc) is 2.87. The highest BCUT2D eigenvalue weighted by Crippen LogP contribution is 2.19. The summed E-state index contributed by atoms with van der Waals surface area (Å²) in [6, 6.07) is 7.99. The number of rotatable bonds is 16. The molecule has 0 amide bonds. The molecule has 0 aliphatic carbocycles. The van der Waals surface area contributed by atoms with E-state index in [-0.39, 0.29) is 18.0 Å². The molecule has 1 unspecified atom stereocenters. The lowest BCUT2D eigenvalue weighted by Crippen LogP contribution is -2.14. The van der Waals surface area contributed by atoms with Gasteiger partial charge < -0.3 is 9.47 Å². The molecule has 0 N–H and O–H groups in total. The van der Waals surface area contributed by atoms with Gasteiger partial charge in [0, 0.05) is 18.4 Å². The van der Waals surface area contributed by atoms with Crippen LogP contribution in [-0.4, -0.2) is 28.0 Å². The molecule has 0 fully saturated rings. The molecule has 6 nitrogen and oxygen atoms in total. The van der Waals surface area contributed by atoms with Gasteiger partial charge in [-0.3, -0.25) is 9.59 Å². The largest absolute Gasteiger partial charge is 0.463 e. The maximum Gasteiger partial charge on any atom is 0.311 e. The van der Waals surface area contributed by atoms with E-state index in [1.807, 2.05) is 31.2 Å². The molecule has 1 heterocycles. The van der Waals surface area contributed by atoms with E-state index in [9.17, 15) is 9.59 Å². The first-order valence-corrected chi connectivity index (χ1v) is 13.0. The van der Waals surface area contributed by atoms with Crippen LogP contribution in [-0.2, 0) is 20.7 Å². The molecule has 0 spiro atoms. The Labute approximate surface area is 210 Å². The van der Waals surface area contributed by atoms with Gasteiger partial charge in [0.1, 0.15) is 0 Å². The Kier molecular flexibility index (Phi) is 13.4. The van der Waals surface area contributed by atoms with Crippen LogP contribution < -0.4 is 4.74 Å². The van der Waals surface area contributed by atoms with Gasteiger partial charge in [0.05, 0.1) is 18.5 Å². The van der Waals surface area contributed by atoms with Crippen molar-refractivity contribution in [2.24, 2.45) is 0 Å². The minimum atomic E-state index is -0.280. The van der Waals surface area contributed by atoms with Crippen molar-refractivity contribution >= 4 is 11.9 Å². The normalized spacial score (nSPS) is 12.0. The lowest BCUT2D eigenvalue weighted by molar-refractivity contribution is -0.148. The van der Waals surface area contributed by atoms with Crippen LogP contribution in [0, 0.1) is 0 Å². The van der Waals surface area contributed by atoms with Crippen molar-refractivity contribution in [1.29, 1.82) is 0 Å². The SMILES string of the molecule is CCCCCCC/C=C/CCC(=O)Oc1cnc(-c2ccc(CCC(C)OC(=O)CC)cc2)nc1. The second kappa shape index (κ2) is 16.6. The first-order valence-electron chi connectivity index (χ1n) is 13.0. The lowest BCUT2D eigenvalue weighted by atomic mass is 10.1. The van der Waals surface area contributed by atoms with E-state index in [1.54, 1.807) is 6.92 Å². The van der Waals surface area contributed by atoms with Crippen LogP contribution in [0.3, 0.4) is 0 Å². The van der Waals surface area contributed by atoms with Gasteiger partial charge in [-0.15, -0.1) is 0 Å². The fraction of sp³-hybridized carbons (Fsp3) is 0.517. The van der Waals surface area contributed by atoms with Crippen molar-refractivity contribution in [1.82, 2.24) is 9.97 Å². The standard InChI is InChI=1S/C29H40N2O4/c1-4-6-7-8-9-10-11-12-13-14-28(33)35-26-21-30-29(31-22-26)25-19-17-24(18-20-25)16-15-23(3)34-27(32)5-2/h11-12,17-23H,4-10,13-16H2,1-3H3/b12-11+. The van der Waals surface area contributed by atoms with Gasteiger partial charge in [0.25, 0.3) is 0 Å². The molecule has 0 aliphatic rings. The predicted octanol–water partition coefficient (Wildman–Crippen LogP) is 7.02. The summed E-state index contributed by atoms with van der Waals surface area (Å²) >= 11 is 0. The van der Waals surface area contributed by atoms with E-state index in [1.165, 1.54) is 44.5 Å². The van der Waals surface area contributed by atoms with Crippen molar-refractivity contribution < 1.29 is 19.1 Å². The second-order valence-electron chi connectivity index (χ2n) is 8.82. The summed E-state index contributed by atoms with van der Waals surface area (Å²) in [6.07, 6.45) is 17.6. The Bertz CT molecular complexity index is 907. The third-order valence-electron chi connectivity index (χ3n) is 5.69. The van der Waals surface area contributed by atoms with Crippen molar-refractivity contribution in [3.8, 4) is 17.1 Å². The molecular formula is C29H40N2O4. The number of esters is 2. The first kappa shape index (κ1) is 28.2. The lowest BCUT2D eigenvalue weighted by Gasteiger charge is -2.12. The van der Waals surface area contributed by atoms with Gasteiger partial charge in [-0.2, -0.15) is 0 Å². The molecule has 1 aromatic heterocycles. The van der Waals surface area contributed by atoms with Gasteiger partial charge in [-0.05, 0) is 44.6 Å². The summed E-state index contributed by atoms with van der Waals surface area (Å²) in [7, 11) is 0. The Hall–Kier alpha value is -3.02. The highest BCUT2D eigenvalue weighted by atomic mass is 16.5. The minimum absolute atomic E-state index is 0.0999. The average molecular weight is 481 g/mol. The molecule has 190 valence electrons. The van der Waals surface area contributed by atoms with Crippen molar-refractivity contribution in [2.45, 2.75) is 97.5 Å². The van der Waals surface area contributed by atoms with Crippen LogP contribution >= 0.6 is 0 Å². The smallest absolute Gasteiger partial charge is 0.311 e. The summed E-state index contributed by atoms with van der Waals surface area (Å²) in [5, 5.41) is 0. The van der Waals surface area contributed by atoms with E-state index in [2.05, 4.69) is 29.0 Å². The molecule has 2 aromatic rings. The zero-order valence-electron chi connectivity index (χ0n) is 21.5. The monoisotopic (exact) mass is 480 g/mol. The van der Waals surface area contributed by atoms with Gasteiger partial charge in [-0.1, -0.05) is 75.9 Å². The molecule has 35 heavy (non-hydrogen) atoms. The Morgan fingerprint density at radius 1 is 0.914 bits per heavy atom. The highest BCUT2D eigenvalue weighted by Gasteiger charge is 2.09. The molecule has 1 aromatic carbocycles. The Morgan fingerprint density at radius 2 is 1.60 bits per heavy atom. The number of allylic oxidation sites excluding steroid dienone is 2. The van der Waals surface area contributed by atoms with Gasteiger partial charge in [0.2, 0.25) is 0 Å². The number of ether oxygens (including phenoxy) is 2. The maximum atomic E-state index is 12.1. The van der Waals surface area contributed by atoms with Crippen molar-refractivity contribution in [2.75, 3.05) is 0 Å². The molecule has 0 aliphatic heterocycles.